The van der Waals surface area contributed by atoms with Crippen molar-refractivity contribution in [1.82, 2.24) is 10.6 Å². The highest BCUT2D eigenvalue weighted by Crippen LogP contribution is 2.41. The molecule has 0 aliphatic carbocycles. The summed E-state index contributed by atoms with van der Waals surface area (Å²) in [7, 11) is -5.55. The first-order chi connectivity index (χ1) is 20.5. The molecule has 12 nitrogen and oxygen atoms in total. The molecule has 4 N–H and O–H groups in total. The quantitative estimate of drug-likeness (QED) is 0.230. The van der Waals surface area contributed by atoms with Crippen LogP contribution in [0, 0.1) is 17.8 Å². The van der Waals surface area contributed by atoms with Crippen LogP contribution in [0.25, 0.3) is 0 Å². The summed E-state index contributed by atoms with van der Waals surface area (Å²) in [5.74, 6) is 0.898. The van der Waals surface area contributed by atoms with Gasteiger partial charge in [-0.05, 0) is 20.8 Å². The van der Waals surface area contributed by atoms with Crippen LogP contribution in [-0.2, 0) is 44.2 Å². The lowest BCUT2D eigenvalue weighted by Crippen LogP contribution is -2.22. The van der Waals surface area contributed by atoms with Crippen molar-refractivity contribution < 1.29 is 45.9 Å². The first kappa shape index (κ1) is 61.3. The van der Waals surface area contributed by atoms with E-state index >= 15 is 0 Å². The highest BCUT2D eigenvalue weighted by molar-refractivity contribution is 7.91. The van der Waals surface area contributed by atoms with Gasteiger partial charge >= 0.3 is 0 Å². The molecule has 290 valence electrons. The van der Waals surface area contributed by atoms with Crippen LogP contribution in [0.5, 0.6) is 0 Å². The lowest BCUT2D eigenvalue weighted by atomic mass is 10.1. The summed E-state index contributed by atoms with van der Waals surface area (Å²) in [6.45, 7) is 29.7. The molecule has 0 spiro atoms. The van der Waals surface area contributed by atoms with E-state index in [1.165, 1.54) is 19.6 Å². The minimum atomic E-state index is -2.74. The van der Waals surface area contributed by atoms with E-state index in [0.29, 0.717) is 5.25 Å². The molecule has 0 aliphatic heterocycles. The normalized spacial score (nSPS) is 13.6. The third kappa shape index (κ3) is 60.9. The molecule has 0 aliphatic rings. The van der Waals surface area contributed by atoms with Gasteiger partial charge in [0, 0.05) is 85.1 Å². The molecule has 0 heterocycles. The molecule has 0 bridgehead atoms. The molecule has 3 unspecified atom stereocenters. The second-order valence-electron chi connectivity index (χ2n) is 12.8. The second kappa shape index (κ2) is 32.3. The molecular weight excluding hydrogens is 686 g/mol. The number of nitrogens with one attached hydrogen (secondary N) is 2. The van der Waals surface area contributed by atoms with E-state index in [1.807, 2.05) is 55.4 Å². The first-order valence-corrected chi connectivity index (χ1v) is 23.5. The lowest BCUT2D eigenvalue weighted by Gasteiger charge is -2.06. The molecule has 0 aromatic heterocycles. The summed E-state index contributed by atoms with van der Waals surface area (Å²) in [6, 6.07) is 0. The van der Waals surface area contributed by atoms with Crippen molar-refractivity contribution in [2.45, 2.75) is 126 Å². The molecule has 0 aromatic carbocycles. The van der Waals surface area contributed by atoms with Crippen LogP contribution in [0.15, 0.2) is 0 Å². The Hall–Kier alpha value is -0.910. The number of rotatable bonds is 7. The predicted molar refractivity (Wildman–Crippen MR) is 204 cm³/mol. The van der Waals surface area contributed by atoms with Crippen LogP contribution >= 0.6 is 14.7 Å². The molecule has 0 saturated carbocycles. The van der Waals surface area contributed by atoms with Gasteiger partial charge in [0.1, 0.15) is 15.6 Å². The summed E-state index contributed by atoms with van der Waals surface area (Å²) in [6.07, 6.45) is 2.95. The number of ketones is 1. The van der Waals surface area contributed by atoms with Gasteiger partial charge in [-0.2, -0.15) is 0 Å². The summed E-state index contributed by atoms with van der Waals surface area (Å²) in [4.78, 5) is 48.2. The molecule has 16 heteroatoms. The molecule has 0 rings (SSSR count). The van der Waals surface area contributed by atoms with Gasteiger partial charge in [-0.1, -0.05) is 83.1 Å². The average Bonchev–Trinajstić information content (AvgIpc) is 2.87. The van der Waals surface area contributed by atoms with Crippen LogP contribution in [0.4, 0.5) is 0 Å². The van der Waals surface area contributed by atoms with Crippen LogP contribution < -0.4 is 10.6 Å². The fraction of sp³-hybridized carbons (Fsp3) is 0.903. The minimum absolute atomic E-state index is 0.0903. The topological polar surface area (TPSA) is 201 Å². The van der Waals surface area contributed by atoms with E-state index in [1.54, 1.807) is 68.8 Å². The number of amides is 2. The number of hydrogen-bond donors (Lipinski definition) is 4. The monoisotopic (exact) mass is 760 g/mol. The van der Waals surface area contributed by atoms with Gasteiger partial charge < -0.3 is 20.4 Å². The van der Waals surface area contributed by atoms with E-state index in [4.69, 9.17) is 9.79 Å². The van der Waals surface area contributed by atoms with Crippen LogP contribution in [0.1, 0.15) is 104 Å². The summed E-state index contributed by atoms with van der Waals surface area (Å²) >= 11 is 0. The van der Waals surface area contributed by atoms with Crippen molar-refractivity contribution >= 4 is 53.0 Å². The summed E-state index contributed by atoms with van der Waals surface area (Å²) in [5, 5.41) is 5.15. The van der Waals surface area contributed by atoms with Crippen molar-refractivity contribution in [3.63, 3.8) is 0 Å². The van der Waals surface area contributed by atoms with Crippen molar-refractivity contribution in [1.29, 1.82) is 0 Å². The lowest BCUT2D eigenvalue weighted by molar-refractivity contribution is -0.124. The van der Waals surface area contributed by atoms with Gasteiger partial charge in [-0.15, -0.1) is 0 Å². The van der Waals surface area contributed by atoms with Crippen LogP contribution in [-0.4, -0.2) is 102 Å². The molecule has 3 atom stereocenters. The number of hydrogen-bond acceptors (Lipinski definition) is 8. The standard InChI is InChI=1S/2C5H11NO.C5H10O.2C4H11O2P.C4H10O2S.C4H10OS/c2*1-4(2)5(7)6-3;1-4(2)5(3)6;3*1-4(2)7(3,5)6;1-4(2)6(3)5/h2*4H,1-3H3,(H,6,7);4H,1-3H3;2*4H,1-3H3,(H,5,6);4H,1-3H3;4H,1-3H3. The molecule has 0 saturated heterocycles. The van der Waals surface area contributed by atoms with E-state index in [0.717, 1.165) is 0 Å². The van der Waals surface area contributed by atoms with Gasteiger partial charge in [-0.3, -0.25) is 27.7 Å². The summed E-state index contributed by atoms with van der Waals surface area (Å²) < 4.78 is 51.9. The SMILES string of the molecule is CC(=O)C(C)C.CC(C)P(C)(=O)O.CC(C)P(C)(=O)O.CC(C)S(C)(=O)=O.CC(C)S(C)=O.CNC(=O)C(C)C.CNC(=O)C(C)C. The molecule has 0 radical (unpaired) electrons. The van der Waals surface area contributed by atoms with Crippen molar-refractivity contribution in [2.75, 3.05) is 39.9 Å². The van der Waals surface area contributed by atoms with E-state index in [-0.39, 0.29) is 51.9 Å². The zero-order valence-electron chi connectivity index (χ0n) is 33.4. The number of Topliss-reactive ketones (excluding diaryl/α,β-unsaturated/α-hetero) is 1. The van der Waals surface area contributed by atoms with Gasteiger partial charge in [0.25, 0.3) is 0 Å². The molecule has 47 heavy (non-hydrogen) atoms. The van der Waals surface area contributed by atoms with Crippen molar-refractivity contribution in [3.8, 4) is 0 Å². The van der Waals surface area contributed by atoms with Gasteiger partial charge in [0.05, 0.1) is 5.25 Å². The number of sulfone groups is 1. The van der Waals surface area contributed by atoms with Gasteiger partial charge in [0.15, 0.2) is 14.7 Å². The highest BCUT2D eigenvalue weighted by Gasteiger charge is 2.14. The number of carbonyl (C=O) groups is 3. The Morgan fingerprint density at radius 1 is 0.638 bits per heavy atom. The Morgan fingerprint density at radius 2 is 0.787 bits per heavy atom. The Balaban J connectivity index is -0.0000000795. The largest absolute Gasteiger partial charge is 0.359 e. The molecular formula is C31H74N2O10P2S2. The van der Waals surface area contributed by atoms with E-state index < -0.39 is 35.4 Å². The predicted octanol–water partition coefficient (Wildman–Crippen LogP) is 5.81. The zero-order valence-corrected chi connectivity index (χ0v) is 36.8. The minimum Gasteiger partial charge on any atom is -0.359 e. The first-order valence-electron chi connectivity index (χ1n) is 15.5. The zero-order chi connectivity index (χ0) is 40.3. The van der Waals surface area contributed by atoms with Crippen molar-refractivity contribution in [2.24, 2.45) is 17.8 Å². The fourth-order valence-electron chi connectivity index (χ4n) is 0.577. The second-order valence-corrected chi connectivity index (χ2v) is 23.2. The molecule has 2 amide bonds. The Morgan fingerprint density at radius 3 is 0.787 bits per heavy atom. The molecule has 0 aromatic rings. The average molecular weight is 761 g/mol. The van der Waals surface area contributed by atoms with Gasteiger partial charge in [0.2, 0.25) is 11.8 Å². The van der Waals surface area contributed by atoms with Gasteiger partial charge in [-0.25, -0.2) is 8.42 Å². The van der Waals surface area contributed by atoms with E-state index in [2.05, 4.69) is 10.6 Å². The maximum Gasteiger partial charge on any atom is 0.222 e. The summed E-state index contributed by atoms with van der Waals surface area (Å²) in [5.41, 5.74) is -0.181. The van der Waals surface area contributed by atoms with E-state index in [9.17, 15) is 36.1 Å². The van der Waals surface area contributed by atoms with Crippen molar-refractivity contribution in [3.05, 3.63) is 0 Å². The Labute approximate surface area is 292 Å². The van der Waals surface area contributed by atoms with Crippen LogP contribution in [0.3, 0.4) is 0 Å². The third-order valence-corrected chi connectivity index (χ3v) is 12.7. The fourth-order valence-corrected chi connectivity index (χ4v) is 0.577. The Kier molecular flexibility index (Phi) is 42.1. The maximum atomic E-state index is 10.5. The Bertz CT molecular complexity index is 967. The van der Waals surface area contributed by atoms with Crippen LogP contribution in [0.2, 0.25) is 0 Å². The highest BCUT2D eigenvalue weighted by atomic mass is 32.2. The molecule has 0 fully saturated rings. The smallest absolute Gasteiger partial charge is 0.222 e. The maximum absolute atomic E-state index is 10.5. The third-order valence-electron chi connectivity index (χ3n) is 5.79. The number of carbonyl (C=O) groups excluding carboxylic acids is 3.